The highest BCUT2D eigenvalue weighted by atomic mass is 32.2. The Morgan fingerprint density at radius 1 is 1.13 bits per heavy atom. The fourth-order valence-corrected chi connectivity index (χ4v) is 5.68. The van der Waals surface area contributed by atoms with Crippen LogP contribution in [0, 0.1) is 20.8 Å². The Bertz CT molecular complexity index is 1220. The molecule has 0 saturated carbocycles. The van der Waals surface area contributed by atoms with E-state index in [1.165, 1.54) is 22.0 Å². The molecule has 1 atom stereocenters. The molecule has 0 aliphatic carbocycles. The maximum Gasteiger partial charge on any atom is 0.237 e. The van der Waals surface area contributed by atoms with Crippen LogP contribution in [-0.4, -0.2) is 25.8 Å². The first-order chi connectivity index (χ1) is 14.4. The minimum Gasteiger partial charge on any atom is -0.325 e. The van der Waals surface area contributed by atoms with Gasteiger partial charge in [-0.1, -0.05) is 43.3 Å². The lowest BCUT2D eigenvalue weighted by Gasteiger charge is -2.18. The molecule has 4 aromatic rings. The molecule has 0 radical (unpaired) electrons. The number of hydrogen-bond donors (Lipinski definition) is 1. The van der Waals surface area contributed by atoms with E-state index in [1.807, 2.05) is 20.8 Å². The van der Waals surface area contributed by atoms with Crippen molar-refractivity contribution in [3.63, 3.8) is 0 Å². The molecule has 3 aromatic heterocycles. The predicted octanol–water partition coefficient (Wildman–Crippen LogP) is 5.94. The van der Waals surface area contributed by atoms with Crippen molar-refractivity contribution in [2.75, 3.05) is 5.32 Å². The summed E-state index contributed by atoms with van der Waals surface area (Å²) in [6.07, 6.45) is 1.51. The van der Waals surface area contributed by atoms with Gasteiger partial charge in [-0.2, -0.15) is 0 Å². The summed E-state index contributed by atoms with van der Waals surface area (Å²) in [6.45, 7) is 10.3. The maximum absolute atomic E-state index is 13.1. The van der Waals surface area contributed by atoms with Crippen molar-refractivity contribution in [3.05, 3.63) is 52.2 Å². The Hall–Kier alpha value is -2.38. The van der Waals surface area contributed by atoms with E-state index in [-0.39, 0.29) is 11.2 Å². The molecule has 0 spiro atoms. The smallest absolute Gasteiger partial charge is 0.237 e. The van der Waals surface area contributed by atoms with Crippen LogP contribution in [0.5, 0.6) is 0 Å². The minimum absolute atomic E-state index is 0.00504. The first-order valence-electron chi connectivity index (χ1n) is 10.2. The molecule has 3 heterocycles. The molecule has 0 aliphatic rings. The monoisotopic (exact) mass is 438 g/mol. The van der Waals surface area contributed by atoms with Gasteiger partial charge in [0.2, 0.25) is 5.91 Å². The number of amides is 1. The zero-order valence-corrected chi connectivity index (χ0v) is 19.6. The van der Waals surface area contributed by atoms with E-state index in [0.29, 0.717) is 6.42 Å². The molecule has 1 unspecified atom stereocenters. The number of rotatable bonds is 6. The second-order valence-electron chi connectivity index (χ2n) is 7.59. The summed E-state index contributed by atoms with van der Waals surface area (Å²) in [7, 11) is 0. The lowest BCUT2D eigenvalue weighted by Crippen LogP contribution is -2.25. The number of carbonyl (C=O) groups is 1. The van der Waals surface area contributed by atoms with E-state index in [4.69, 9.17) is 0 Å². The Morgan fingerprint density at radius 2 is 1.87 bits per heavy atom. The van der Waals surface area contributed by atoms with Crippen LogP contribution >= 0.6 is 23.1 Å². The summed E-state index contributed by atoms with van der Waals surface area (Å²) in [5, 5.41) is 14.8. The molecule has 156 valence electrons. The number of benzene rings is 1. The second kappa shape index (κ2) is 8.40. The van der Waals surface area contributed by atoms with Gasteiger partial charge in [0, 0.05) is 12.1 Å². The number of carbonyl (C=O) groups excluding carboxylic acids is 1. The largest absolute Gasteiger partial charge is 0.325 e. The van der Waals surface area contributed by atoms with Crippen LogP contribution in [0.2, 0.25) is 0 Å². The number of nitrogens with zero attached hydrogens (tertiary/aromatic N) is 3. The van der Waals surface area contributed by atoms with Crippen molar-refractivity contribution in [1.82, 2.24) is 14.6 Å². The number of fused-ring (bicyclic) bond motifs is 3. The third-order valence-corrected chi connectivity index (χ3v) is 7.51. The first kappa shape index (κ1) is 20.9. The topological polar surface area (TPSA) is 59.3 Å². The molecule has 0 bridgehead atoms. The van der Waals surface area contributed by atoms with Crippen LogP contribution in [0.1, 0.15) is 42.8 Å². The van der Waals surface area contributed by atoms with Crippen molar-refractivity contribution < 1.29 is 4.79 Å². The van der Waals surface area contributed by atoms with Crippen molar-refractivity contribution in [1.29, 1.82) is 0 Å². The van der Waals surface area contributed by atoms with Crippen molar-refractivity contribution >= 4 is 50.4 Å². The predicted molar refractivity (Wildman–Crippen MR) is 127 cm³/mol. The van der Waals surface area contributed by atoms with Gasteiger partial charge < -0.3 is 5.32 Å². The third kappa shape index (κ3) is 3.72. The molecule has 0 fully saturated rings. The number of hydrogen-bond acceptors (Lipinski definition) is 5. The summed E-state index contributed by atoms with van der Waals surface area (Å²) in [5.41, 5.74) is 6.47. The molecular weight excluding hydrogens is 412 g/mol. The van der Waals surface area contributed by atoms with E-state index < -0.39 is 0 Å². The number of nitrogens with one attached hydrogen (secondary N) is 1. The van der Waals surface area contributed by atoms with Gasteiger partial charge in [-0.25, -0.2) is 0 Å². The van der Waals surface area contributed by atoms with Gasteiger partial charge in [0.05, 0.1) is 21.0 Å². The lowest BCUT2D eigenvalue weighted by atomic mass is 10.0. The van der Waals surface area contributed by atoms with Crippen LogP contribution in [0.25, 0.3) is 15.7 Å². The Balaban J connectivity index is 1.66. The van der Waals surface area contributed by atoms with Crippen molar-refractivity contribution in [2.24, 2.45) is 0 Å². The zero-order chi connectivity index (χ0) is 21.4. The van der Waals surface area contributed by atoms with Gasteiger partial charge in [0.15, 0.2) is 0 Å². The number of thioether (sulfide) groups is 1. The second-order valence-corrected chi connectivity index (χ2v) is 9.73. The fraction of sp³-hybridized carbons (Fsp3) is 0.348. The van der Waals surface area contributed by atoms with E-state index in [2.05, 4.69) is 63.4 Å². The molecule has 0 aliphatic heterocycles. The number of aromatic nitrogens is 3. The standard InChI is InChI=1S/C23H26N4OS2/c1-6-18(22(28)24-21-14(4)10-13(3)11-15(21)5)30-23-17-12-19-16(8-9-29-19)27(17)20(7-2)25-26-23/h8-12,18H,6-7H2,1-5H3,(H,24,28). The normalized spacial score (nSPS) is 12.6. The average Bonchev–Trinajstić information content (AvgIpc) is 3.30. The van der Waals surface area contributed by atoms with E-state index in [9.17, 15) is 4.79 Å². The van der Waals surface area contributed by atoms with Gasteiger partial charge in [0.25, 0.3) is 0 Å². The van der Waals surface area contributed by atoms with Crippen LogP contribution in [0.4, 0.5) is 5.69 Å². The van der Waals surface area contributed by atoms with E-state index in [0.717, 1.165) is 45.1 Å². The van der Waals surface area contributed by atoms with Gasteiger partial charge in [-0.15, -0.1) is 21.5 Å². The Kier molecular flexibility index (Phi) is 5.84. The highest BCUT2D eigenvalue weighted by Gasteiger charge is 2.23. The van der Waals surface area contributed by atoms with Crippen LogP contribution in [0.3, 0.4) is 0 Å². The van der Waals surface area contributed by atoms with E-state index in [1.54, 1.807) is 11.3 Å². The molecule has 1 N–H and O–H groups in total. The molecular formula is C23H26N4OS2. The lowest BCUT2D eigenvalue weighted by molar-refractivity contribution is -0.115. The van der Waals surface area contributed by atoms with Crippen molar-refractivity contribution in [2.45, 2.75) is 57.7 Å². The molecule has 0 saturated heterocycles. The average molecular weight is 439 g/mol. The Labute approximate surface area is 184 Å². The van der Waals surface area contributed by atoms with Crippen LogP contribution < -0.4 is 5.32 Å². The van der Waals surface area contributed by atoms with Crippen LogP contribution in [-0.2, 0) is 11.2 Å². The number of anilines is 1. The fourth-order valence-electron chi connectivity index (χ4n) is 3.91. The number of aryl methyl sites for hydroxylation is 4. The summed E-state index contributed by atoms with van der Waals surface area (Å²) in [6, 6.07) is 8.48. The summed E-state index contributed by atoms with van der Waals surface area (Å²) >= 11 is 3.21. The van der Waals surface area contributed by atoms with Crippen LogP contribution in [0.15, 0.2) is 34.7 Å². The molecule has 4 rings (SSSR count). The molecule has 30 heavy (non-hydrogen) atoms. The molecule has 1 amide bonds. The summed E-state index contributed by atoms with van der Waals surface area (Å²) in [4.78, 5) is 13.1. The zero-order valence-electron chi connectivity index (χ0n) is 17.9. The third-order valence-electron chi connectivity index (χ3n) is 5.32. The van der Waals surface area contributed by atoms with Gasteiger partial charge in [0.1, 0.15) is 10.9 Å². The van der Waals surface area contributed by atoms with Crippen molar-refractivity contribution in [3.8, 4) is 0 Å². The molecule has 1 aromatic carbocycles. The van der Waals surface area contributed by atoms with Gasteiger partial charge >= 0.3 is 0 Å². The molecule has 5 nitrogen and oxygen atoms in total. The minimum atomic E-state index is -0.247. The maximum atomic E-state index is 13.1. The first-order valence-corrected chi connectivity index (χ1v) is 12.0. The van der Waals surface area contributed by atoms with Gasteiger partial charge in [-0.3, -0.25) is 9.20 Å². The molecule has 7 heteroatoms. The Morgan fingerprint density at radius 3 is 2.53 bits per heavy atom. The number of thiophene rings is 1. The summed E-state index contributed by atoms with van der Waals surface area (Å²) < 4.78 is 3.39. The SMILES string of the molecule is CCc1nnc(SC(CC)C(=O)Nc2c(C)cc(C)cc2C)c2cc3sccc3n12. The summed E-state index contributed by atoms with van der Waals surface area (Å²) in [5.74, 6) is 0.941. The van der Waals surface area contributed by atoms with Gasteiger partial charge in [-0.05, 0) is 55.8 Å². The van der Waals surface area contributed by atoms with E-state index >= 15 is 0 Å². The quantitative estimate of drug-likeness (QED) is 0.378. The highest BCUT2D eigenvalue weighted by Crippen LogP contribution is 2.34. The highest BCUT2D eigenvalue weighted by molar-refractivity contribution is 8.00.